The van der Waals surface area contributed by atoms with Crippen molar-refractivity contribution in [1.29, 1.82) is 0 Å². The summed E-state index contributed by atoms with van der Waals surface area (Å²) < 4.78 is 0. The highest BCUT2D eigenvalue weighted by Gasteiger charge is 2.36. The molecule has 0 unspecified atom stereocenters. The van der Waals surface area contributed by atoms with Crippen LogP contribution in [0.5, 0.6) is 0 Å². The first-order valence-corrected chi connectivity index (χ1v) is 5.87. The molecule has 1 aromatic carbocycles. The molecule has 7 heteroatoms. The minimum absolute atomic E-state index is 0.0892. The molecule has 1 aliphatic heterocycles. The first-order valence-electron chi connectivity index (χ1n) is 5.87. The number of H-pyrrole nitrogens is 1. The van der Waals surface area contributed by atoms with Gasteiger partial charge in [0.25, 0.3) is 17.7 Å². The standard InChI is InChI=1S/C13H10N4O3/c14-11(18)9-5-15-16-10(9)6-17-12(19)7-3-1-2-4-8(7)13(17)20/h1-5H,6H2,(H2,14,18)(H,15,16). The van der Waals surface area contributed by atoms with Gasteiger partial charge >= 0.3 is 0 Å². The Labute approximate surface area is 113 Å². The number of nitrogens with two attached hydrogens (primary N) is 1. The van der Waals surface area contributed by atoms with Gasteiger partial charge in [0.15, 0.2) is 0 Å². The molecule has 1 aliphatic rings. The van der Waals surface area contributed by atoms with Crippen molar-refractivity contribution in [2.75, 3.05) is 0 Å². The molecule has 0 radical (unpaired) electrons. The fraction of sp³-hybridized carbons (Fsp3) is 0.0769. The third kappa shape index (κ3) is 1.68. The normalized spacial score (nSPS) is 13.7. The van der Waals surface area contributed by atoms with Crippen molar-refractivity contribution in [2.45, 2.75) is 6.54 Å². The van der Waals surface area contributed by atoms with E-state index in [1.54, 1.807) is 24.3 Å². The number of amides is 3. The fourth-order valence-corrected chi connectivity index (χ4v) is 2.18. The molecule has 0 fully saturated rings. The van der Waals surface area contributed by atoms with Crippen molar-refractivity contribution < 1.29 is 14.4 Å². The molecule has 100 valence electrons. The highest BCUT2D eigenvalue weighted by Crippen LogP contribution is 2.24. The number of hydrogen-bond acceptors (Lipinski definition) is 4. The van der Waals surface area contributed by atoms with Gasteiger partial charge in [-0.25, -0.2) is 0 Å². The summed E-state index contributed by atoms with van der Waals surface area (Å²) in [4.78, 5) is 36.6. The second-order valence-electron chi connectivity index (χ2n) is 4.35. The number of primary amides is 1. The van der Waals surface area contributed by atoms with Crippen molar-refractivity contribution in [3.8, 4) is 0 Å². The maximum Gasteiger partial charge on any atom is 0.261 e. The van der Waals surface area contributed by atoms with E-state index in [2.05, 4.69) is 10.2 Å². The van der Waals surface area contributed by atoms with Gasteiger partial charge in [-0.15, -0.1) is 0 Å². The summed E-state index contributed by atoms with van der Waals surface area (Å²) in [7, 11) is 0. The highest BCUT2D eigenvalue weighted by molar-refractivity contribution is 6.21. The molecule has 20 heavy (non-hydrogen) atoms. The Balaban J connectivity index is 1.94. The Morgan fingerprint density at radius 3 is 2.35 bits per heavy atom. The maximum absolute atomic E-state index is 12.2. The summed E-state index contributed by atoms with van der Waals surface area (Å²) in [5.74, 6) is -1.46. The molecule has 3 N–H and O–H groups in total. The van der Waals surface area contributed by atoms with E-state index in [9.17, 15) is 14.4 Å². The van der Waals surface area contributed by atoms with E-state index < -0.39 is 17.7 Å². The quantitative estimate of drug-likeness (QED) is 0.782. The van der Waals surface area contributed by atoms with Crippen LogP contribution in [0.2, 0.25) is 0 Å². The third-order valence-corrected chi connectivity index (χ3v) is 3.17. The molecule has 0 aliphatic carbocycles. The van der Waals surface area contributed by atoms with Gasteiger partial charge in [0.2, 0.25) is 0 Å². The van der Waals surface area contributed by atoms with Gasteiger partial charge in [-0.2, -0.15) is 5.10 Å². The van der Waals surface area contributed by atoms with Crippen LogP contribution >= 0.6 is 0 Å². The molecule has 0 spiro atoms. The van der Waals surface area contributed by atoms with Gasteiger partial charge in [0.1, 0.15) is 0 Å². The van der Waals surface area contributed by atoms with Crippen molar-refractivity contribution in [3.63, 3.8) is 0 Å². The molecule has 7 nitrogen and oxygen atoms in total. The van der Waals surface area contributed by atoms with Crippen LogP contribution < -0.4 is 5.73 Å². The Bertz CT molecular complexity index is 700. The lowest BCUT2D eigenvalue weighted by molar-refractivity contribution is 0.0638. The number of aromatic amines is 1. The Hall–Kier alpha value is -2.96. The fourth-order valence-electron chi connectivity index (χ4n) is 2.18. The molecule has 0 bridgehead atoms. The minimum Gasteiger partial charge on any atom is -0.365 e. The lowest BCUT2D eigenvalue weighted by Crippen LogP contribution is -2.30. The molecule has 3 rings (SSSR count). The topological polar surface area (TPSA) is 109 Å². The molecule has 2 aromatic rings. The van der Waals surface area contributed by atoms with E-state index in [1.165, 1.54) is 6.20 Å². The van der Waals surface area contributed by atoms with Crippen LogP contribution in [0.25, 0.3) is 0 Å². The van der Waals surface area contributed by atoms with Crippen molar-refractivity contribution in [3.05, 3.63) is 52.8 Å². The summed E-state index contributed by atoms with van der Waals surface area (Å²) in [6.07, 6.45) is 1.34. The predicted octanol–water partition coefficient (Wildman–Crippen LogP) is 0.305. The number of carbonyl (C=O) groups excluding carboxylic acids is 3. The number of hydrogen-bond donors (Lipinski definition) is 2. The second kappa shape index (κ2) is 4.30. The molecule has 0 saturated carbocycles. The van der Waals surface area contributed by atoms with Crippen LogP contribution in [0, 0.1) is 0 Å². The van der Waals surface area contributed by atoms with E-state index >= 15 is 0 Å². The molecule has 0 atom stereocenters. The van der Waals surface area contributed by atoms with Crippen LogP contribution in [-0.4, -0.2) is 32.8 Å². The van der Waals surface area contributed by atoms with Gasteiger partial charge in [0.05, 0.1) is 28.9 Å². The van der Waals surface area contributed by atoms with Crippen LogP contribution in [0.4, 0.5) is 0 Å². The maximum atomic E-state index is 12.2. The van der Waals surface area contributed by atoms with E-state index in [-0.39, 0.29) is 17.8 Å². The highest BCUT2D eigenvalue weighted by atomic mass is 16.2. The Morgan fingerprint density at radius 2 is 1.80 bits per heavy atom. The zero-order valence-corrected chi connectivity index (χ0v) is 10.3. The van der Waals surface area contributed by atoms with Crippen LogP contribution in [0.1, 0.15) is 36.8 Å². The van der Waals surface area contributed by atoms with Gasteiger partial charge in [-0.3, -0.25) is 24.4 Å². The number of imide groups is 1. The number of fused-ring (bicyclic) bond motifs is 1. The van der Waals surface area contributed by atoms with Gasteiger partial charge in [-0.05, 0) is 12.1 Å². The average Bonchev–Trinajstić information content (AvgIpc) is 2.99. The lowest BCUT2D eigenvalue weighted by atomic mass is 10.1. The number of aromatic nitrogens is 2. The number of carbonyl (C=O) groups is 3. The Morgan fingerprint density at radius 1 is 1.20 bits per heavy atom. The van der Waals surface area contributed by atoms with Crippen LogP contribution in [0.3, 0.4) is 0 Å². The van der Waals surface area contributed by atoms with Gasteiger partial charge < -0.3 is 5.73 Å². The van der Waals surface area contributed by atoms with E-state index in [0.717, 1.165) is 4.90 Å². The molecule has 1 aromatic heterocycles. The Kier molecular flexibility index (Phi) is 2.60. The molecular weight excluding hydrogens is 260 g/mol. The van der Waals surface area contributed by atoms with Crippen molar-refractivity contribution >= 4 is 17.7 Å². The SMILES string of the molecule is NC(=O)c1c[nH]nc1CN1C(=O)c2ccccc2C1=O. The van der Waals surface area contributed by atoms with E-state index in [0.29, 0.717) is 11.1 Å². The predicted molar refractivity (Wildman–Crippen MR) is 67.8 cm³/mol. The number of benzene rings is 1. The summed E-state index contributed by atoms with van der Waals surface area (Å²) in [6.45, 7) is -0.0892. The van der Waals surface area contributed by atoms with Crippen LogP contribution in [-0.2, 0) is 6.54 Å². The van der Waals surface area contributed by atoms with Crippen molar-refractivity contribution in [1.82, 2.24) is 15.1 Å². The smallest absolute Gasteiger partial charge is 0.261 e. The number of nitrogens with one attached hydrogen (secondary N) is 1. The zero-order valence-electron chi connectivity index (χ0n) is 10.3. The number of rotatable bonds is 3. The lowest BCUT2D eigenvalue weighted by Gasteiger charge is -2.12. The van der Waals surface area contributed by atoms with Crippen molar-refractivity contribution in [2.24, 2.45) is 5.73 Å². The molecule has 0 saturated heterocycles. The first-order chi connectivity index (χ1) is 9.59. The van der Waals surface area contributed by atoms with Gasteiger partial charge in [-0.1, -0.05) is 12.1 Å². The molecular formula is C13H10N4O3. The summed E-state index contributed by atoms with van der Waals surface area (Å²) in [5.41, 5.74) is 6.35. The van der Waals surface area contributed by atoms with E-state index in [1.807, 2.05) is 0 Å². The monoisotopic (exact) mass is 270 g/mol. The average molecular weight is 270 g/mol. The molecule has 2 heterocycles. The minimum atomic E-state index is -0.662. The molecule has 3 amide bonds. The first kappa shape index (κ1) is 12.1. The largest absolute Gasteiger partial charge is 0.365 e. The summed E-state index contributed by atoms with van der Waals surface area (Å²) in [5, 5.41) is 6.37. The summed E-state index contributed by atoms with van der Waals surface area (Å²) >= 11 is 0. The van der Waals surface area contributed by atoms with E-state index in [4.69, 9.17) is 5.73 Å². The summed E-state index contributed by atoms with van der Waals surface area (Å²) in [6, 6.07) is 6.57. The third-order valence-electron chi connectivity index (χ3n) is 3.17. The number of nitrogens with zero attached hydrogens (tertiary/aromatic N) is 2. The van der Waals surface area contributed by atoms with Gasteiger partial charge in [0, 0.05) is 6.20 Å². The second-order valence-corrected chi connectivity index (χ2v) is 4.35. The van der Waals surface area contributed by atoms with Crippen LogP contribution in [0.15, 0.2) is 30.5 Å². The zero-order chi connectivity index (χ0) is 14.3.